The Morgan fingerprint density at radius 2 is 2.00 bits per heavy atom. The van der Waals surface area contributed by atoms with Gasteiger partial charge in [-0.3, -0.25) is 0 Å². The van der Waals surface area contributed by atoms with Crippen molar-refractivity contribution in [3.05, 3.63) is 34.9 Å². The van der Waals surface area contributed by atoms with Crippen LogP contribution >= 0.6 is 0 Å². The van der Waals surface area contributed by atoms with Crippen LogP contribution in [0.4, 0.5) is 0 Å². The van der Waals surface area contributed by atoms with Crippen LogP contribution in [0.3, 0.4) is 0 Å². The summed E-state index contributed by atoms with van der Waals surface area (Å²) in [5, 5.41) is 0. The van der Waals surface area contributed by atoms with Crippen LogP contribution in [-0.4, -0.2) is 0 Å². The zero-order valence-electron chi connectivity index (χ0n) is 6.64. The number of hydrogen-bond acceptors (Lipinski definition) is 1. The monoisotopic (exact) mass is 147 g/mol. The molecule has 0 unspecified atom stereocenters. The zero-order chi connectivity index (χ0) is 7.68. The summed E-state index contributed by atoms with van der Waals surface area (Å²) < 4.78 is 0. The van der Waals surface area contributed by atoms with E-state index in [2.05, 4.69) is 18.2 Å². The number of nitrogens with two attached hydrogens (primary N) is 1. The van der Waals surface area contributed by atoms with Crippen molar-refractivity contribution in [3.63, 3.8) is 0 Å². The minimum atomic E-state index is 0.674. The molecule has 2 rings (SSSR count). The van der Waals surface area contributed by atoms with Gasteiger partial charge in [-0.05, 0) is 36.0 Å². The molecule has 0 amide bonds. The van der Waals surface area contributed by atoms with Crippen LogP contribution in [-0.2, 0) is 19.4 Å². The summed E-state index contributed by atoms with van der Waals surface area (Å²) in [5.74, 6) is 0. The molecule has 1 aliphatic carbocycles. The molecule has 0 radical (unpaired) electrons. The molecule has 0 bridgehead atoms. The van der Waals surface area contributed by atoms with Crippen LogP contribution in [0.5, 0.6) is 0 Å². The van der Waals surface area contributed by atoms with E-state index in [1.165, 1.54) is 36.0 Å². The predicted molar refractivity (Wildman–Crippen MR) is 46.4 cm³/mol. The minimum absolute atomic E-state index is 0.674. The van der Waals surface area contributed by atoms with E-state index in [4.69, 9.17) is 5.73 Å². The molecule has 0 aromatic heterocycles. The third-order valence-corrected chi connectivity index (χ3v) is 2.40. The van der Waals surface area contributed by atoms with Crippen LogP contribution in [0.15, 0.2) is 18.2 Å². The summed E-state index contributed by atoms with van der Waals surface area (Å²) in [6, 6.07) is 6.62. The molecule has 1 aromatic carbocycles. The van der Waals surface area contributed by atoms with Crippen LogP contribution in [0.1, 0.15) is 23.1 Å². The largest absolute Gasteiger partial charge is 0.326 e. The van der Waals surface area contributed by atoms with Crippen molar-refractivity contribution in [2.45, 2.75) is 25.8 Å². The molecule has 0 heterocycles. The van der Waals surface area contributed by atoms with Crippen LogP contribution in [0, 0.1) is 0 Å². The Morgan fingerprint density at radius 3 is 2.82 bits per heavy atom. The number of aryl methyl sites for hydroxylation is 2. The van der Waals surface area contributed by atoms with Gasteiger partial charge in [0, 0.05) is 6.54 Å². The normalized spacial score (nSPS) is 15.0. The Balaban J connectivity index is 2.41. The van der Waals surface area contributed by atoms with Gasteiger partial charge in [0.2, 0.25) is 0 Å². The maximum absolute atomic E-state index is 5.54. The summed E-state index contributed by atoms with van der Waals surface area (Å²) in [7, 11) is 0. The SMILES string of the molecule is NCc1ccc2c(c1)CCC2. The van der Waals surface area contributed by atoms with Crippen molar-refractivity contribution in [2.75, 3.05) is 0 Å². The van der Waals surface area contributed by atoms with Gasteiger partial charge in [0.05, 0.1) is 0 Å². The molecule has 2 N–H and O–H groups in total. The van der Waals surface area contributed by atoms with E-state index in [1.54, 1.807) is 0 Å². The van der Waals surface area contributed by atoms with Gasteiger partial charge in [-0.25, -0.2) is 0 Å². The van der Waals surface area contributed by atoms with Gasteiger partial charge >= 0.3 is 0 Å². The van der Waals surface area contributed by atoms with Crippen LogP contribution in [0.2, 0.25) is 0 Å². The first-order chi connectivity index (χ1) is 5.40. The average molecular weight is 147 g/mol. The number of rotatable bonds is 1. The summed E-state index contributed by atoms with van der Waals surface area (Å²) in [5.41, 5.74) is 9.86. The Labute approximate surface area is 67.2 Å². The molecule has 0 fully saturated rings. The molecule has 0 atom stereocenters. The molecular formula is C10H13N. The second-order valence-electron chi connectivity index (χ2n) is 3.16. The lowest BCUT2D eigenvalue weighted by atomic mass is 10.1. The van der Waals surface area contributed by atoms with E-state index in [9.17, 15) is 0 Å². The number of benzene rings is 1. The molecule has 0 saturated carbocycles. The number of hydrogen-bond donors (Lipinski definition) is 1. The van der Waals surface area contributed by atoms with Gasteiger partial charge in [0.25, 0.3) is 0 Å². The Hall–Kier alpha value is -0.820. The van der Waals surface area contributed by atoms with Crippen molar-refractivity contribution in [2.24, 2.45) is 5.73 Å². The highest BCUT2D eigenvalue weighted by Crippen LogP contribution is 2.22. The molecule has 0 spiro atoms. The highest BCUT2D eigenvalue weighted by molar-refractivity contribution is 5.35. The van der Waals surface area contributed by atoms with E-state index >= 15 is 0 Å². The molecular weight excluding hydrogens is 134 g/mol. The van der Waals surface area contributed by atoms with Gasteiger partial charge in [0.1, 0.15) is 0 Å². The predicted octanol–water partition coefficient (Wildman–Crippen LogP) is 1.63. The fourth-order valence-corrected chi connectivity index (χ4v) is 1.75. The quantitative estimate of drug-likeness (QED) is 0.642. The summed E-state index contributed by atoms with van der Waals surface area (Å²) in [4.78, 5) is 0. The van der Waals surface area contributed by atoms with Crippen molar-refractivity contribution >= 4 is 0 Å². The lowest BCUT2D eigenvalue weighted by Crippen LogP contribution is -1.96. The van der Waals surface area contributed by atoms with Crippen molar-refractivity contribution in [3.8, 4) is 0 Å². The standard InChI is InChI=1S/C10H13N/c11-7-8-4-5-9-2-1-3-10(9)6-8/h4-6H,1-3,7,11H2. The van der Waals surface area contributed by atoms with Crippen molar-refractivity contribution in [1.29, 1.82) is 0 Å². The summed E-state index contributed by atoms with van der Waals surface area (Å²) in [6.07, 6.45) is 3.84. The lowest BCUT2D eigenvalue weighted by Gasteiger charge is -2.00. The molecule has 11 heavy (non-hydrogen) atoms. The Bertz CT molecular complexity index is 266. The molecule has 1 heteroatoms. The summed E-state index contributed by atoms with van der Waals surface area (Å²) in [6.45, 7) is 0.674. The smallest absolute Gasteiger partial charge is 0.0178 e. The maximum Gasteiger partial charge on any atom is 0.0178 e. The van der Waals surface area contributed by atoms with Crippen LogP contribution in [0.25, 0.3) is 0 Å². The zero-order valence-corrected chi connectivity index (χ0v) is 6.64. The average Bonchev–Trinajstić information content (AvgIpc) is 2.50. The molecule has 1 aliphatic rings. The van der Waals surface area contributed by atoms with E-state index in [1.807, 2.05) is 0 Å². The van der Waals surface area contributed by atoms with Gasteiger partial charge < -0.3 is 5.73 Å². The summed E-state index contributed by atoms with van der Waals surface area (Å²) >= 11 is 0. The van der Waals surface area contributed by atoms with Crippen molar-refractivity contribution in [1.82, 2.24) is 0 Å². The second-order valence-corrected chi connectivity index (χ2v) is 3.16. The molecule has 58 valence electrons. The fraction of sp³-hybridized carbons (Fsp3) is 0.400. The first kappa shape index (κ1) is 6.86. The first-order valence-electron chi connectivity index (χ1n) is 4.21. The third-order valence-electron chi connectivity index (χ3n) is 2.40. The lowest BCUT2D eigenvalue weighted by molar-refractivity contribution is 0.911. The fourth-order valence-electron chi connectivity index (χ4n) is 1.75. The Morgan fingerprint density at radius 1 is 1.18 bits per heavy atom. The van der Waals surface area contributed by atoms with E-state index in [0.29, 0.717) is 6.54 Å². The molecule has 0 saturated heterocycles. The molecule has 1 aromatic rings. The van der Waals surface area contributed by atoms with Gasteiger partial charge in [-0.2, -0.15) is 0 Å². The van der Waals surface area contributed by atoms with Crippen molar-refractivity contribution < 1.29 is 0 Å². The highest BCUT2D eigenvalue weighted by atomic mass is 14.5. The third kappa shape index (κ3) is 1.16. The molecule has 1 nitrogen and oxygen atoms in total. The topological polar surface area (TPSA) is 26.0 Å². The van der Waals surface area contributed by atoms with E-state index < -0.39 is 0 Å². The minimum Gasteiger partial charge on any atom is -0.326 e. The second kappa shape index (κ2) is 2.67. The Kier molecular flexibility index (Phi) is 1.66. The first-order valence-corrected chi connectivity index (χ1v) is 4.21. The van der Waals surface area contributed by atoms with Gasteiger partial charge in [-0.15, -0.1) is 0 Å². The number of fused-ring (bicyclic) bond motifs is 1. The van der Waals surface area contributed by atoms with Gasteiger partial charge in [0.15, 0.2) is 0 Å². The van der Waals surface area contributed by atoms with Gasteiger partial charge in [-0.1, -0.05) is 18.2 Å². The maximum atomic E-state index is 5.54. The van der Waals surface area contributed by atoms with E-state index in [-0.39, 0.29) is 0 Å². The highest BCUT2D eigenvalue weighted by Gasteiger charge is 2.09. The van der Waals surface area contributed by atoms with Crippen LogP contribution < -0.4 is 5.73 Å². The van der Waals surface area contributed by atoms with E-state index in [0.717, 1.165) is 0 Å². The molecule has 0 aliphatic heterocycles.